The topological polar surface area (TPSA) is 185 Å². The van der Waals surface area contributed by atoms with E-state index in [1.807, 2.05) is 0 Å². The monoisotopic (exact) mass is 506 g/mol. The molecular weight excluding hydrogens is 485 g/mol. The van der Waals surface area contributed by atoms with Crippen LogP contribution in [0, 0.1) is 0 Å². The predicted molar refractivity (Wildman–Crippen MR) is 111 cm³/mol. The summed E-state index contributed by atoms with van der Waals surface area (Å²) in [6.07, 6.45) is -5.19. The number of nitrogens with one attached hydrogen (secondary N) is 2. The maximum Gasteiger partial charge on any atom is 0.430 e. The van der Waals surface area contributed by atoms with Crippen LogP contribution in [-0.2, 0) is 19.6 Å². The SMILES string of the molecule is COc1ccc(S(=O)(=O)NCC(=O)Nc2cccc(C(N)=[NH2+])c2)cc1OC.O=C([O-])C(F)(F)F. The first-order chi connectivity index (χ1) is 15.7. The van der Waals surface area contributed by atoms with Crippen LogP contribution in [0.1, 0.15) is 5.56 Å². The lowest BCUT2D eigenvalue weighted by Gasteiger charge is -2.11. The molecule has 0 radical (unpaired) electrons. The van der Waals surface area contributed by atoms with Gasteiger partial charge in [0, 0.05) is 11.8 Å². The molecule has 0 aliphatic carbocycles. The summed E-state index contributed by atoms with van der Waals surface area (Å²) in [6.45, 7) is -0.456. The van der Waals surface area contributed by atoms with Crippen LogP contribution in [0.2, 0.25) is 0 Å². The van der Waals surface area contributed by atoms with Gasteiger partial charge in [-0.05, 0) is 30.3 Å². The molecule has 2 aromatic rings. The number of amides is 1. The van der Waals surface area contributed by atoms with Crippen molar-refractivity contribution in [3.05, 3.63) is 48.0 Å². The zero-order chi connectivity index (χ0) is 26.1. The van der Waals surface area contributed by atoms with Crippen molar-refractivity contribution in [3.63, 3.8) is 0 Å². The molecule has 0 unspecified atom stereocenters. The predicted octanol–water partition coefficient (Wildman–Crippen LogP) is -1.62. The first kappa shape index (κ1) is 28.2. The number of methoxy groups -OCH3 is 2. The molecule has 0 aliphatic heterocycles. The lowest BCUT2D eigenvalue weighted by atomic mass is 10.2. The molecule has 0 atom stereocenters. The van der Waals surface area contributed by atoms with Gasteiger partial charge in [0.2, 0.25) is 15.9 Å². The van der Waals surface area contributed by atoms with Crippen LogP contribution in [-0.4, -0.2) is 53.1 Å². The zero-order valence-corrected chi connectivity index (χ0v) is 18.6. The van der Waals surface area contributed by atoms with Gasteiger partial charge in [-0.1, -0.05) is 6.07 Å². The molecule has 0 bridgehead atoms. The molecule has 6 N–H and O–H groups in total. The maximum absolute atomic E-state index is 12.4. The number of alkyl halides is 3. The number of amidine groups is 1. The molecule has 0 spiro atoms. The molecule has 0 saturated heterocycles. The van der Waals surface area contributed by atoms with E-state index in [0.717, 1.165) is 0 Å². The second kappa shape index (κ2) is 11.9. The third-order valence-electron chi connectivity index (χ3n) is 3.80. The quantitative estimate of drug-likeness (QED) is 0.243. The van der Waals surface area contributed by atoms with E-state index in [2.05, 4.69) is 10.0 Å². The van der Waals surface area contributed by atoms with Gasteiger partial charge in [0.25, 0.3) is 5.84 Å². The smallest absolute Gasteiger partial charge is 0.430 e. The molecule has 11 nitrogen and oxygen atoms in total. The van der Waals surface area contributed by atoms with Gasteiger partial charge in [0.1, 0.15) is 5.97 Å². The number of carbonyl (C=O) groups excluding carboxylic acids is 2. The number of halogens is 3. The van der Waals surface area contributed by atoms with Crippen LogP contribution in [0.4, 0.5) is 18.9 Å². The summed E-state index contributed by atoms with van der Waals surface area (Å²) in [5.74, 6) is -2.79. The summed E-state index contributed by atoms with van der Waals surface area (Å²) < 4.78 is 68.7. The van der Waals surface area contributed by atoms with Crippen molar-refractivity contribution in [2.75, 3.05) is 26.1 Å². The van der Waals surface area contributed by atoms with Crippen LogP contribution >= 0.6 is 0 Å². The standard InChI is InChI=1S/C17H20N4O5S.C2HF3O2/c1-25-14-7-6-13(9-15(14)26-2)27(23,24)20-10-16(22)21-12-5-3-4-11(8-12)17(18)19;3-2(4,5)1(6)7/h3-9,20H,10H2,1-2H3,(H3,18,19)(H,21,22);(H,6,7). The van der Waals surface area contributed by atoms with Gasteiger partial charge in [0.15, 0.2) is 11.5 Å². The Bertz CT molecular complexity index is 1150. The van der Waals surface area contributed by atoms with Crippen molar-refractivity contribution in [2.45, 2.75) is 11.1 Å². The van der Waals surface area contributed by atoms with E-state index in [-0.39, 0.29) is 16.5 Å². The first-order valence-corrected chi connectivity index (χ1v) is 10.5. The van der Waals surface area contributed by atoms with E-state index in [9.17, 15) is 26.4 Å². The number of hydrogen-bond donors (Lipinski definition) is 4. The molecule has 2 rings (SSSR count). The summed E-state index contributed by atoms with van der Waals surface area (Å²) in [5, 5.41) is 16.9. The Balaban J connectivity index is 0.000000718. The Hall–Kier alpha value is -3.85. The molecule has 34 heavy (non-hydrogen) atoms. The average Bonchev–Trinajstić information content (AvgIpc) is 2.77. The van der Waals surface area contributed by atoms with Gasteiger partial charge < -0.3 is 24.7 Å². The number of rotatable bonds is 8. The van der Waals surface area contributed by atoms with Crippen molar-refractivity contribution in [2.24, 2.45) is 5.73 Å². The first-order valence-electron chi connectivity index (χ1n) is 8.99. The largest absolute Gasteiger partial charge is 0.542 e. The molecular formula is C19H21F3N4O7S. The van der Waals surface area contributed by atoms with E-state index in [1.54, 1.807) is 24.3 Å². The van der Waals surface area contributed by atoms with Gasteiger partial charge in [-0.15, -0.1) is 0 Å². The minimum atomic E-state index is -5.19. The van der Waals surface area contributed by atoms with Crippen LogP contribution in [0.25, 0.3) is 0 Å². The molecule has 0 fully saturated rings. The van der Waals surface area contributed by atoms with Gasteiger partial charge >= 0.3 is 6.18 Å². The highest BCUT2D eigenvalue weighted by Gasteiger charge is 2.28. The van der Waals surface area contributed by atoms with Crippen LogP contribution < -0.4 is 35.8 Å². The summed E-state index contributed by atoms with van der Waals surface area (Å²) >= 11 is 0. The van der Waals surface area contributed by atoms with Gasteiger partial charge in [-0.3, -0.25) is 15.9 Å². The van der Waals surface area contributed by atoms with Crippen molar-refractivity contribution >= 4 is 33.4 Å². The normalized spacial score (nSPS) is 11.0. The molecule has 0 aromatic heterocycles. The van der Waals surface area contributed by atoms with Gasteiger partial charge in [-0.25, -0.2) is 13.1 Å². The molecule has 1 amide bonds. The zero-order valence-electron chi connectivity index (χ0n) is 17.8. The Morgan fingerprint density at radius 3 is 2.18 bits per heavy atom. The maximum atomic E-state index is 12.4. The second-order valence-corrected chi connectivity index (χ2v) is 7.98. The second-order valence-electron chi connectivity index (χ2n) is 6.21. The fourth-order valence-corrected chi connectivity index (χ4v) is 3.21. The van der Waals surface area contributed by atoms with E-state index in [4.69, 9.17) is 30.5 Å². The lowest BCUT2D eigenvalue weighted by Crippen LogP contribution is -2.46. The highest BCUT2D eigenvalue weighted by Crippen LogP contribution is 2.29. The Kier molecular flexibility index (Phi) is 9.82. The third kappa shape index (κ3) is 8.59. The van der Waals surface area contributed by atoms with E-state index in [0.29, 0.717) is 17.0 Å². The third-order valence-corrected chi connectivity index (χ3v) is 5.20. The molecule has 0 saturated carbocycles. The number of benzene rings is 2. The highest BCUT2D eigenvalue weighted by atomic mass is 32.2. The number of carboxylic acid groups (broad SMARTS) is 1. The van der Waals surface area contributed by atoms with E-state index in [1.165, 1.54) is 32.4 Å². The minimum Gasteiger partial charge on any atom is -0.542 e. The Morgan fingerprint density at radius 2 is 1.68 bits per heavy atom. The van der Waals surface area contributed by atoms with Crippen molar-refractivity contribution in [1.29, 1.82) is 0 Å². The molecule has 0 aliphatic rings. The van der Waals surface area contributed by atoms with Crippen LogP contribution in [0.5, 0.6) is 11.5 Å². The molecule has 2 aromatic carbocycles. The summed E-state index contributed by atoms with van der Waals surface area (Å²) in [4.78, 5) is 20.8. The fourth-order valence-electron chi connectivity index (χ4n) is 2.21. The number of carbonyl (C=O) groups is 2. The van der Waals surface area contributed by atoms with Crippen molar-refractivity contribution in [3.8, 4) is 11.5 Å². The average molecular weight is 506 g/mol. The van der Waals surface area contributed by atoms with Gasteiger partial charge in [0.05, 0.1) is 31.2 Å². The number of nitrogens with two attached hydrogens (primary N) is 2. The molecule has 15 heteroatoms. The number of carboxylic acids is 1. The number of ether oxygens (including phenoxy) is 2. The van der Waals surface area contributed by atoms with Crippen molar-refractivity contribution < 1.29 is 51.2 Å². The van der Waals surface area contributed by atoms with Gasteiger partial charge in [-0.2, -0.15) is 13.2 Å². The number of aliphatic carboxylic acids is 1. The highest BCUT2D eigenvalue weighted by molar-refractivity contribution is 7.89. The summed E-state index contributed by atoms with van der Waals surface area (Å²) in [6, 6.07) is 10.7. The van der Waals surface area contributed by atoms with Crippen LogP contribution in [0.15, 0.2) is 47.4 Å². The number of anilines is 1. The summed E-state index contributed by atoms with van der Waals surface area (Å²) in [7, 11) is -1.08. The lowest BCUT2D eigenvalue weighted by molar-refractivity contribution is -0.344. The summed E-state index contributed by atoms with van der Waals surface area (Å²) in [5.41, 5.74) is 6.50. The van der Waals surface area contributed by atoms with Crippen molar-refractivity contribution in [1.82, 2.24) is 4.72 Å². The Morgan fingerprint density at radius 1 is 1.09 bits per heavy atom. The van der Waals surface area contributed by atoms with E-state index >= 15 is 0 Å². The van der Waals surface area contributed by atoms with E-state index < -0.39 is 34.6 Å². The minimum absolute atomic E-state index is 0.0551. The fraction of sp³-hybridized carbons (Fsp3) is 0.211. The van der Waals surface area contributed by atoms with Crippen LogP contribution in [0.3, 0.4) is 0 Å². The number of sulfonamides is 1. The molecule has 186 valence electrons. The number of hydrogen-bond acceptors (Lipinski definition) is 7. The molecule has 0 heterocycles. The Labute approximate surface area is 192 Å².